The summed E-state index contributed by atoms with van der Waals surface area (Å²) < 4.78 is 12.0. The molecule has 0 bridgehead atoms. The summed E-state index contributed by atoms with van der Waals surface area (Å²) in [6.45, 7) is 14.0. The molecule has 2 nitrogen and oxygen atoms in total. The van der Waals surface area contributed by atoms with Gasteiger partial charge in [0.05, 0.1) is 6.61 Å². The van der Waals surface area contributed by atoms with Crippen LogP contribution >= 0.6 is 0 Å². The van der Waals surface area contributed by atoms with E-state index in [9.17, 15) is 0 Å². The van der Waals surface area contributed by atoms with Crippen LogP contribution in [0.2, 0.25) is 0 Å². The van der Waals surface area contributed by atoms with Gasteiger partial charge in [-0.05, 0) is 58.2 Å². The first-order valence-electron chi connectivity index (χ1n) is 10.6. The van der Waals surface area contributed by atoms with Gasteiger partial charge in [0, 0.05) is 0 Å². The van der Waals surface area contributed by atoms with E-state index in [1.807, 2.05) is 6.92 Å². The fraction of sp³-hybridized carbons (Fsp3) is 0.407. The lowest BCUT2D eigenvalue weighted by atomic mass is 9.70. The molecular weight excluding hydrogens is 356 g/mol. The van der Waals surface area contributed by atoms with E-state index in [4.69, 9.17) is 9.47 Å². The lowest BCUT2D eigenvalue weighted by Crippen LogP contribution is -2.23. The summed E-state index contributed by atoms with van der Waals surface area (Å²) in [4.78, 5) is 0. The highest BCUT2D eigenvalue weighted by Crippen LogP contribution is 2.41. The van der Waals surface area contributed by atoms with Crippen molar-refractivity contribution in [2.45, 2.75) is 60.4 Å². The van der Waals surface area contributed by atoms with Gasteiger partial charge >= 0.3 is 0 Å². The van der Waals surface area contributed by atoms with Gasteiger partial charge in [-0.25, -0.2) is 0 Å². The molecule has 0 heterocycles. The van der Waals surface area contributed by atoms with Crippen LogP contribution in [0.5, 0.6) is 5.75 Å². The van der Waals surface area contributed by atoms with E-state index >= 15 is 0 Å². The van der Waals surface area contributed by atoms with Crippen molar-refractivity contribution < 1.29 is 9.47 Å². The third-order valence-electron chi connectivity index (χ3n) is 5.49. The maximum absolute atomic E-state index is 6.01. The maximum Gasteiger partial charge on any atom is 0.197 e. The highest BCUT2D eigenvalue weighted by Gasteiger charge is 2.28. The molecule has 0 radical (unpaired) electrons. The van der Waals surface area contributed by atoms with Crippen LogP contribution in [0, 0.1) is 11.3 Å². The zero-order valence-electron chi connectivity index (χ0n) is 18.6. The molecule has 0 spiro atoms. The predicted octanol–water partition coefficient (Wildman–Crippen LogP) is 7.57. The van der Waals surface area contributed by atoms with Gasteiger partial charge in [0.2, 0.25) is 0 Å². The average molecular weight is 391 g/mol. The molecule has 0 aliphatic rings. The molecule has 2 heteroatoms. The van der Waals surface area contributed by atoms with E-state index in [0.717, 1.165) is 5.75 Å². The van der Waals surface area contributed by atoms with Crippen molar-refractivity contribution in [3.63, 3.8) is 0 Å². The van der Waals surface area contributed by atoms with Crippen molar-refractivity contribution in [1.29, 1.82) is 0 Å². The molecule has 29 heavy (non-hydrogen) atoms. The van der Waals surface area contributed by atoms with Gasteiger partial charge < -0.3 is 9.47 Å². The van der Waals surface area contributed by atoms with Gasteiger partial charge in [-0.15, -0.1) is 0 Å². The third-order valence-corrected chi connectivity index (χ3v) is 5.49. The molecule has 2 atom stereocenters. The molecule has 0 aliphatic carbocycles. The summed E-state index contributed by atoms with van der Waals surface area (Å²) in [5.74, 6) is 1.94. The number of hydrogen-bond acceptors (Lipinski definition) is 2. The molecule has 2 unspecified atom stereocenters. The second-order valence-corrected chi connectivity index (χ2v) is 9.29. The lowest BCUT2D eigenvalue weighted by molar-refractivity contribution is -0.0755. The van der Waals surface area contributed by atoms with Crippen LogP contribution < -0.4 is 4.74 Å². The Bertz CT molecular complexity index is 914. The first-order valence-corrected chi connectivity index (χ1v) is 10.6. The Morgan fingerprint density at radius 1 is 0.793 bits per heavy atom. The summed E-state index contributed by atoms with van der Waals surface area (Å²) in [6, 6.07) is 23.2. The van der Waals surface area contributed by atoms with E-state index in [-0.39, 0.29) is 11.7 Å². The van der Waals surface area contributed by atoms with Gasteiger partial charge in [0.25, 0.3) is 0 Å². The molecule has 3 aromatic rings. The lowest BCUT2D eigenvalue weighted by Gasteiger charge is -2.34. The van der Waals surface area contributed by atoms with Gasteiger partial charge in [-0.3, -0.25) is 0 Å². The normalized spacial score (nSPS) is 14.2. The Balaban J connectivity index is 1.63. The van der Waals surface area contributed by atoms with Crippen LogP contribution in [0.4, 0.5) is 0 Å². The van der Waals surface area contributed by atoms with Crippen LogP contribution in [0.15, 0.2) is 66.7 Å². The van der Waals surface area contributed by atoms with Crippen LogP contribution in [0.25, 0.3) is 10.8 Å². The minimum Gasteiger partial charge on any atom is -0.465 e. The Hall–Kier alpha value is -2.32. The van der Waals surface area contributed by atoms with Gasteiger partial charge in [0.1, 0.15) is 5.75 Å². The SMILES string of the molecule is CC(OCc1cccc2ccccc12)Oc1ccc(C(C(C)C)C(C)(C)C)cc1. The van der Waals surface area contributed by atoms with Crippen molar-refractivity contribution in [3.05, 3.63) is 77.9 Å². The summed E-state index contributed by atoms with van der Waals surface area (Å²) in [7, 11) is 0. The molecule has 0 amide bonds. The van der Waals surface area contributed by atoms with Crippen molar-refractivity contribution in [2.75, 3.05) is 0 Å². The molecule has 0 saturated heterocycles. The fourth-order valence-electron chi connectivity index (χ4n) is 4.49. The topological polar surface area (TPSA) is 18.5 Å². The Labute approximate surface area is 175 Å². The molecule has 0 saturated carbocycles. The average Bonchev–Trinajstić information content (AvgIpc) is 2.66. The van der Waals surface area contributed by atoms with Gasteiger partial charge in [-0.2, -0.15) is 0 Å². The largest absolute Gasteiger partial charge is 0.465 e. The van der Waals surface area contributed by atoms with E-state index < -0.39 is 0 Å². The standard InChI is InChI=1S/C27H34O2/c1-19(2)26(27(4,5)6)22-14-16-24(17-15-22)29-20(3)28-18-23-12-9-11-21-10-7-8-13-25(21)23/h7-17,19-20,26H,18H2,1-6H3. The minimum absolute atomic E-state index is 0.228. The maximum atomic E-state index is 6.01. The Morgan fingerprint density at radius 2 is 1.45 bits per heavy atom. The van der Waals surface area contributed by atoms with E-state index in [2.05, 4.69) is 101 Å². The summed E-state index contributed by atoms with van der Waals surface area (Å²) in [5, 5.41) is 2.46. The van der Waals surface area contributed by atoms with Crippen LogP contribution in [0.1, 0.15) is 58.6 Å². The molecule has 154 valence electrons. The number of ether oxygens (including phenoxy) is 2. The number of rotatable bonds is 7. The minimum atomic E-state index is -0.316. The van der Waals surface area contributed by atoms with Crippen molar-refractivity contribution >= 4 is 10.8 Å². The summed E-state index contributed by atoms with van der Waals surface area (Å²) in [5.41, 5.74) is 2.77. The highest BCUT2D eigenvalue weighted by atomic mass is 16.7. The summed E-state index contributed by atoms with van der Waals surface area (Å²) in [6.07, 6.45) is -0.316. The molecule has 0 aliphatic heterocycles. The second kappa shape index (κ2) is 9.00. The summed E-state index contributed by atoms with van der Waals surface area (Å²) >= 11 is 0. The molecular formula is C27H34O2. The van der Waals surface area contributed by atoms with E-state index in [1.54, 1.807) is 0 Å². The highest BCUT2D eigenvalue weighted by molar-refractivity contribution is 5.85. The van der Waals surface area contributed by atoms with Crippen molar-refractivity contribution in [3.8, 4) is 5.75 Å². The van der Waals surface area contributed by atoms with Gasteiger partial charge in [0.15, 0.2) is 6.29 Å². The smallest absolute Gasteiger partial charge is 0.197 e. The zero-order chi connectivity index (χ0) is 21.0. The van der Waals surface area contributed by atoms with Crippen LogP contribution in [-0.2, 0) is 11.3 Å². The van der Waals surface area contributed by atoms with Crippen LogP contribution in [-0.4, -0.2) is 6.29 Å². The number of fused-ring (bicyclic) bond motifs is 1. The Morgan fingerprint density at radius 3 is 2.10 bits per heavy atom. The first kappa shape index (κ1) is 21.4. The van der Waals surface area contributed by atoms with Crippen molar-refractivity contribution in [2.24, 2.45) is 11.3 Å². The molecule has 0 fully saturated rings. The molecule has 0 N–H and O–H groups in total. The Kier molecular flexibility index (Phi) is 6.64. The molecule has 3 aromatic carbocycles. The number of hydrogen-bond donors (Lipinski definition) is 0. The van der Waals surface area contributed by atoms with Crippen molar-refractivity contribution in [1.82, 2.24) is 0 Å². The van der Waals surface area contributed by atoms with Crippen LogP contribution in [0.3, 0.4) is 0 Å². The number of benzene rings is 3. The monoisotopic (exact) mass is 390 g/mol. The van der Waals surface area contributed by atoms with E-state index in [1.165, 1.54) is 21.9 Å². The fourth-order valence-corrected chi connectivity index (χ4v) is 4.49. The second-order valence-electron chi connectivity index (χ2n) is 9.29. The zero-order valence-corrected chi connectivity index (χ0v) is 18.6. The van der Waals surface area contributed by atoms with Gasteiger partial charge in [-0.1, -0.05) is 89.2 Å². The predicted molar refractivity (Wildman–Crippen MR) is 122 cm³/mol. The molecule has 0 aromatic heterocycles. The third kappa shape index (κ3) is 5.39. The molecule has 3 rings (SSSR count). The first-order chi connectivity index (χ1) is 13.8. The van der Waals surface area contributed by atoms with E-state index in [0.29, 0.717) is 18.4 Å². The quantitative estimate of drug-likeness (QED) is 0.387.